The number of urea groups is 1. The maximum absolute atomic E-state index is 13.9. The van der Waals surface area contributed by atoms with E-state index in [1.165, 1.54) is 0 Å². The van der Waals surface area contributed by atoms with E-state index in [0.29, 0.717) is 68.1 Å². The molecule has 2 atom stereocenters. The fourth-order valence-corrected chi connectivity index (χ4v) is 5.21. The number of hydrogen-bond donors (Lipinski definition) is 2. The molecule has 3 aliphatic heterocycles. The van der Waals surface area contributed by atoms with Gasteiger partial charge in [0.05, 0.1) is 24.5 Å². The minimum absolute atomic E-state index is 0.140. The average molecular weight is 509 g/mol. The molecule has 2 N–H and O–H groups in total. The van der Waals surface area contributed by atoms with Gasteiger partial charge >= 0.3 is 6.03 Å². The maximum atomic E-state index is 13.9. The molecule has 0 saturated carbocycles. The number of ether oxygens (including phenoxy) is 2. The highest BCUT2D eigenvalue weighted by Crippen LogP contribution is 2.37. The van der Waals surface area contributed by atoms with E-state index in [0.717, 1.165) is 18.4 Å². The topological polar surface area (TPSA) is 109 Å². The number of nitrogens with one attached hydrogen (secondary N) is 2. The van der Waals surface area contributed by atoms with Crippen molar-refractivity contribution in [2.24, 2.45) is 5.41 Å². The second kappa shape index (κ2) is 10.2. The monoisotopic (exact) mass is 508 g/mol. The summed E-state index contributed by atoms with van der Waals surface area (Å²) in [6.07, 6.45) is 2.41. The Morgan fingerprint density at radius 3 is 2.46 bits per heavy atom. The number of aromatic nitrogens is 2. The van der Waals surface area contributed by atoms with Crippen LogP contribution in [-0.4, -0.2) is 78.3 Å². The molecule has 2 fully saturated rings. The van der Waals surface area contributed by atoms with Gasteiger partial charge in [-0.15, -0.1) is 0 Å². The number of nitrogens with zero attached hydrogens (tertiary/aromatic N) is 4. The molecular formula is C27H36N6O4. The Balaban J connectivity index is 1.58. The molecule has 1 aromatic heterocycles. The summed E-state index contributed by atoms with van der Waals surface area (Å²) in [7, 11) is 0. The lowest BCUT2D eigenvalue weighted by molar-refractivity contribution is 0.0298. The van der Waals surface area contributed by atoms with Crippen LogP contribution < -0.4 is 20.3 Å². The molecule has 0 spiro atoms. The zero-order valence-corrected chi connectivity index (χ0v) is 22.0. The van der Waals surface area contributed by atoms with E-state index < -0.39 is 0 Å². The second-order valence-corrected chi connectivity index (χ2v) is 10.7. The van der Waals surface area contributed by atoms with Crippen molar-refractivity contribution < 1.29 is 19.1 Å². The third-order valence-electron chi connectivity index (χ3n) is 7.05. The molecule has 4 heterocycles. The zero-order valence-electron chi connectivity index (χ0n) is 22.0. The van der Waals surface area contributed by atoms with Crippen LogP contribution in [0.15, 0.2) is 24.3 Å². The predicted octanol–water partition coefficient (Wildman–Crippen LogP) is 3.53. The van der Waals surface area contributed by atoms with E-state index in [4.69, 9.17) is 19.4 Å². The highest BCUT2D eigenvalue weighted by atomic mass is 16.5. The number of hydrogen-bond acceptors (Lipinski definition) is 7. The maximum Gasteiger partial charge on any atom is 0.319 e. The van der Waals surface area contributed by atoms with Gasteiger partial charge in [0.1, 0.15) is 5.56 Å². The molecule has 198 valence electrons. The Kier molecular flexibility index (Phi) is 6.94. The number of rotatable bonds is 5. The molecule has 2 aromatic rings. The van der Waals surface area contributed by atoms with Crippen molar-refractivity contribution in [1.82, 2.24) is 20.2 Å². The number of carbonyl (C=O) groups excluding carboxylic acids is 2. The van der Waals surface area contributed by atoms with E-state index in [1.807, 2.05) is 43.0 Å². The summed E-state index contributed by atoms with van der Waals surface area (Å²) in [4.78, 5) is 39.6. The lowest BCUT2D eigenvalue weighted by Crippen LogP contribution is -2.45. The number of fused-ring (bicyclic) bond motifs is 3. The molecule has 0 radical (unpaired) electrons. The van der Waals surface area contributed by atoms with Crippen LogP contribution in [0.1, 0.15) is 50.9 Å². The Labute approximate surface area is 217 Å². The first kappa shape index (κ1) is 25.3. The molecule has 10 nitrogen and oxygen atoms in total. The van der Waals surface area contributed by atoms with Gasteiger partial charge in [-0.1, -0.05) is 26.0 Å². The molecule has 3 amide bonds. The van der Waals surface area contributed by atoms with Gasteiger partial charge in [-0.3, -0.25) is 4.79 Å². The lowest BCUT2D eigenvalue weighted by Gasteiger charge is -2.36. The van der Waals surface area contributed by atoms with Crippen LogP contribution in [0.25, 0.3) is 11.3 Å². The standard InChI is InChI=1S/C27H36N6O4/c1-5-28-26(35)29-18-9-7-17(8-10-18)22-21-23(36-16-27(3,4)15-32(6-2)24(21)34)31-25(30-22)33-13-19-11-12-20(14-33)37-19/h7-10,19-20H,5-6,11-16H2,1-4H3,(H2,28,29,35). The Hall–Kier alpha value is -3.40. The smallest absolute Gasteiger partial charge is 0.319 e. The number of anilines is 2. The fraction of sp³-hybridized carbons (Fsp3) is 0.556. The molecular weight excluding hydrogens is 472 g/mol. The minimum Gasteiger partial charge on any atom is -0.476 e. The van der Waals surface area contributed by atoms with E-state index in [2.05, 4.69) is 29.4 Å². The molecule has 10 heteroatoms. The molecule has 37 heavy (non-hydrogen) atoms. The second-order valence-electron chi connectivity index (χ2n) is 10.7. The summed E-state index contributed by atoms with van der Waals surface area (Å²) in [5.74, 6) is 0.727. The Morgan fingerprint density at radius 2 is 1.81 bits per heavy atom. The van der Waals surface area contributed by atoms with Crippen molar-refractivity contribution in [3.8, 4) is 17.1 Å². The van der Waals surface area contributed by atoms with Crippen LogP contribution in [0.3, 0.4) is 0 Å². The third-order valence-corrected chi connectivity index (χ3v) is 7.05. The van der Waals surface area contributed by atoms with E-state index in [9.17, 15) is 9.59 Å². The normalized spacial score (nSPS) is 22.5. The summed E-state index contributed by atoms with van der Waals surface area (Å²) in [5.41, 5.74) is 2.09. The highest BCUT2D eigenvalue weighted by molar-refractivity contribution is 6.02. The summed E-state index contributed by atoms with van der Waals surface area (Å²) in [6.45, 7) is 11.6. The van der Waals surface area contributed by atoms with Crippen molar-refractivity contribution in [3.05, 3.63) is 29.8 Å². The van der Waals surface area contributed by atoms with Gasteiger partial charge < -0.3 is 29.9 Å². The number of benzene rings is 1. The van der Waals surface area contributed by atoms with Crippen LogP contribution in [0.5, 0.6) is 5.88 Å². The van der Waals surface area contributed by atoms with E-state index in [1.54, 1.807) is 0 Å². The van der Waals surface area contributed by atoms with Crippen molar-refractivity contribution in [2.75, 3.05) is 49.5 Å². The SMILES string of the molecule is CCNC(=O)Nc1ccc(-c2nc(N3CC4CCC(C3)O4)nc3c2C(=O)N(CC)CC(C)(C)CO3)cc1. The van der Waals surface area contributed by atoms with Gasteiger partial charge in [0.2, 0.25) is 11.8 Å². The van der Waals surface area contributed by atoms with Crippen molar-refractivity contribution in [3.63, 3.8) is 0 Å². The lowest BCUT2D eigenvalue weighted by atomic mass is 9.92. The van der Waals surface area contributed by atoms with E-state index >= 15 is 0 Å². The number of amides is 3. The van der Waals surface area contributed by atoms with Crippen LogP contribution >= 0.6 is 0 Å². The first-order valence-corrected chi connectivity index (χ1v) is 13.2. The van der Waals surface area contributed by atoms with Crippen LogP contribution in [0, 0.1) is 5.41 Å². The quantitative estimate of drug-likeness (QED) is 0.636. The van der Waals surface area contributed by atoms with Crippen LogP contribution in [-0.2, 0) is 4.74 Å². The van der Waals surface area contributed by atoms with Gasteiger partial charge in [-0.05, 0) is 38.8 Å². The van der Waals surface area contributed by atoms with Gasteiger partial charge in [0.25, 0.3) is 5.91 Å². The summed E-state index contributed by atoms with van der Waals surface area (Å²) in [5, 5.41) is 5.53. The molecule has 1 aromatic carbocycles. The van der Waals surface area contributed by atoms with Gasteiger partial charge in [-0.2, -0.15) is 4.98 Å². The van der Waals surface area contributed by atoms with Crippen LogP contribution in [0.4, 0.5) is 16.4 Å². The molecule has 5 rings (SSSR count). The van der Waals surface area contributed by atoms with Crippen molar-refractivity contribution in [1.29, 1.82) is 0 Å². The van der Waals surface area contributed by atoms with Gasteiger partial charge in [0, 0.05) is 49.4 Å². The molecule has 0 aliphatic carbocycles. The predicted molar refractivity (Wildman–Crippen MR) is 141 cm³/mol. The molecule has 2 unspecified atom stereocenters. The number of morpholine rings is 1. The van der Waals surface area contributed by atoms with Crippen molar-refractivity contribution in [2.45, 2.75) is 52.7 Å². The molecule has 2 saturated heterocycles. The summed E-state index contributed by atoms with van der Waals surface area (Å²) < 4.78 is 12.3. The van der Waals surface area contributed by atoms with Crippen LogP contribution in [0.2, 0.25) is 0 Å². The minimum atomic E-state index is -0.267. The largest absolute Gasteiger partial charge is 0.476 e. The molecule has 2 bridgehead atoms. The highest BCUT2D eigenvalue weighted by Gasteiger charge is 2.38. The van der Waals surface area contributed by atoms with Gasteiger partial charge in [0.15, 0.2) is 0 Å². The van der Waals surface area contributed by atoms with Gasteiger partial charge in [-0.25, -0.2) is 9.78 Å². The molecule has 3 aliphatic rings. The fourth-order valence-electron chi connectivity index (χ4n) is 5.21. The Morgan fingerprint density at radius 1 is 1.11 bits per heavy atom. The summed E-state index contributed by atoms with van der Waals surface area (Å²) >= 11 is 0. The average Bonchev–Trinajstić information content (AvgIpc) is 3.22. The summed E-state index contributed by atoms with van der Waals surface area (Å²) in [6, 6.07) is 7.08. The zero-order chi connectivity index (χ0) is 26.2. The number of carbonyl (C=O) groups is 2. The first-order valence-electron chi connectivity index (χ1n) is 13.2. The first-order chi connectivity index (χ1) is 17.8. The van der Waals surface area contributed by atoms with Crippen molar-refractivity contribution >= 4 is 23.6 Å². The van der Waals surface area contributed by atoms with E-state index in [-0.39, 0.29) is 29.6 Å². The Bertz CT molecular complexity index is 1160. The third kappa shape index (κ3) is 5.34.